The van der Waals surface area contributed by atoms with Crippen LogP contribution in [0.15, 0.2) is 30.3 Å². The largest absolute Gasteiger partial charge is 0.480 e. The number of carboxylic acids is 1. The molecule has 1 atom stereocenters. The minimum Gasteiger partial charge on any atom is -0.480 e. The monoisotopic (exact) mass is 249 g/mol. The van der Waals surface area contributed by atoms with Crippen molar-refractivity contribution < 1.29 is 14.6 Å². The molecule has 0 saturated carbocycles. The van der Waals surface area contributed by atoms with E-state index < -0.39 is 5.97 Å². The zero-order valence-corrected chi connectivity index (χ0v) is 10.4. The molecule has 0 aromatic heterocycles. The van der Waals surface area contributed by atoms with Crippen LogP contribution in [0.4, 0.5) is 0 Å². The molecule has 2 rings (SSSR count). The third-order valence-electron chi connectivity index (χ3n) is 3.18. The topological polar surface area (TPSA) is 49.8 Å². The predicted molar refractivity (Wildman–Crippen MR) is 68.6 cm³/mol. The lowest BCUT2D eigenvalue weighted by Crippen LogP contribution is -2.44. The number of hydrogen-bond acceptors (Lipinski definition) is 3. The fourth-order valence-electron chi connectivity index (χ4n) is 2.26. The summed E-state index contributed by atoms with van der Waals surface area (Å²) in [6.07, 6.45) is 2.07. The van der Waals surface area contributed by atoms with Crippen LogP contribution < -0.4 is 0 Å². The Morgan fingerprint density at radius 1 is 1.39 bits per heavy atom. The van der Waals surface area contributed by atoms with Crippen LogP contribution in [0.5, 0.6) is 0 Å². The van der Waals surface area contributed by atoms with Gasteiger partial charge in [-0.25, -0.2) is 0 Å². The van der Waals surface area contributed by atoms with Crippen LogP contribution in [0.1, 0.15) is 12.0 Å². The molecule has 0 unspecified atom stereocenters. The van der Waals surface area contributed by atoms with E-state index in [2.05, 4.69) is 12.1 Å². The van der Waals surface area contributed by atoms with Crippen molar-refractivity contribution in [2.24, 2.45) is 0 Å². The predicted octanol–water partition coefficient (Wildman–Crippen LogP) is 1.40. The van der Waals surface area contributed by atoms with E-state index in [-0.39, 0.29) is 12.6 Å². The summed E-state index contributed by atoms with van der Waals surface area (Å²) in [6.45, 7) is 2.19. The van der Waals surface area contributed by atoms with Crippen molar-refractivity contribution in [3.63, 3.8) is 0 Å². The van der Waals surface area contributed by atoms with Crippen LogP contribution in [-0.4, -0.2) is 48.3 Å². The maximum absolute atomic E-state index is 10.7. The van der Waals surface area contributed by atoms with E-state index in [1.165, 1.54) is 5.56 Å². The van der Waals surface area contributed by atoms with Crippen molar-refractivity contribution in [3.05, 3.63) is 35.9 Å². The Bertz CT molecular complexity index is 380. The van der Waals surface area contributed by atoms with Gasteiger partial charge in [0, 0.05) is 13.1 Å². The van der Waals surface area contributed by atoms with Crippen molar-refractivity contribution in [3.8, 4) is 0 Å². The second kappa shape index (κ2) is 6.52. The Labute approximate surface area is 107 Å². The quantitative estimate of drug-likeness (QED) is 0.857. The zero-order chi connectivity index (χ0) is 12.8. The summed E-state index contributed by atoms with van der Waals surface area (Å²) in [5, 5.41) is 8.78. The molecule has 0 bridgehead atoms. The van der Waals surface area contributed by atoms with Gasteiger partial charge in [-0.1, -0.05) is 30.3 Å². The summed E-state index contributed by atoms with van der Waals surface area (Å²) < 4.78 is 5.68. The fraction of sp³-hybridized carbons (Fsp3) is 0.500. The second-order valence-electron chi connectivity index (χ2n) is 4.65. The summed E-state index contributed by atoms with van der Waals surface area (Å²) in [6, 6.07) is 10.3. The number of carbonyl (C=O) groups is 1. The van der Waals surface area contributed by atoms with Gasteiger partial charge in [-0.15, -0.1) is 0 Å². The van der Waals surface area contributed by atoms with Gasteiger partial charge in [0.15, 0.2) is 0 Å². The fourth-order valence-corrected chi connectivity index (χ4v) is 2.26. The van der Waals surface area contributed by atoms with E-state index in [9.17, 15) is 4.79 Å². The molecular formula is C14H19NO3. The normalized spacial score (nSPS) is 20.8. The molecule has 1 aliphatic rings. The molecule has 1 aromatic rings. The molecule has 0 amide bonds. The smallest absolute Gasteiger partial charge is 0.317 e. The number of rotatable bonds is 5. The molecule has 4 nitrogen and oxygen atoms in total. The lowest BCUT2D eigenvalue weighted by Gasteiger charge is -2.31. The molecule has 1 saturated heterocycles. The highest BCUT2D eigenvalue weighted by Gasteiger charge is 2.21. The van der Waals surface area contributed by atoms with E-state index in [4.69, 9.17) is 9.84 Å². The first-order chi connectivity index (χ1) is 8.74. The van der Waals surface area contributed by atoms with Crippen molar-refractivity contribution >= 4 is 5.97 Å². The first-order valence-electron chi connectivity index (χ1n) is 6.34. The highest BCUT2D eigenvalue weighted by molar-refractivity contribution is 5.69. The van der Waals surface area contributed by atoms with Crippen molar-refractivity contribution in [1.82, 2.24) is 4.90 Å². The molecule has 0 aliphatic carbocycles. The highest BCUT2D eigenvalue weighted by atomic mass is 16.5. The van der Waals surface area contributed by atoms with Gasteiger partial charge in [0.2, 0.25) is 0 Å². The molecule has 0 spiro atoms. The number of carboxylic acid groups (broad SMARTS) is 1. The lowest BCUT2D eigenvalue weighted by atomic mass is 10.1. The average molecular weight is 249 g/mol. The molecule has 18 heavy (non-hydrogen) atoms. The molecule has 1 aliphatic heterocycles. The van der Waals surface area contributed by atoms with Crippen molar-refractivity contribution in [1.29, 1.82) is 0 Å². The Hall–Kier alpha value is -1.39. The number of aryl methyl sites for hydroxylation is 1. The standard InChI is InChI=1S/C14H19NO3/c16-14(17)11-15-8-9-18-13(10-15)7-6-12-4-2-1-3-5-12/h1-5,13H,6-11H2,(H,16,17)/t13-/m0/s1. The second-order valence-corrected chi connectivity index (χ2v) is 4.65. The Kier molecular flexibility index (Phi) is 4.73. The van der Waals surface area contributed by atoms with Crippen LogP contribution in [-0.2, 0) is 16.0 Å². The van der Waals surface area contributed by atoms with Crippen LogP contribution in [0.3, 0.4) is 0 Å². The maximum atomic E-state index is 10.7. The first-order valence-corrected chi connectivity index (χ1v) is 6.34. The molecule has 0 radical (unpaired) electrons. The third kappa shape index (κ3) is 4.13. The van der Waals surface area contributed by atoms with Gasteiger partial charge >= 0.3 is 5.97 Å². The van der Waals surface area contributed by atoms with E-state index in [0.29, 0.717) is 13.2 Å². The van der Waals surface area contributed by atoms with Gasteiger partial charge in [-0.05, 0) is 18.4 Å². The zero-order valence-electron chi connectivity index (χ0n) is 10.4. The molecule has 4 heteroatoms. The Morgan fingerprint density at radius 3 is 2.89 bits per heavy atom. The van der Waals surface area contributed by atoms with Gasteiger partial charge in [0.05, 0.1) is 19.3 Å². The summed E-state index contributed by atoms with van der Waals surface area (Å²) in [5.41, 5.74) is 1.30. The number of hydrogen-bond donors (Lipinski definition) is 1. The highest BCUT2D eigenvalue weighted by Crippen LogP contribution is 2.12. The lowest BCUT2D eigenvalue weighted by molar-refractivity contribution is -0.140. The van der Waals surface area contributed by atoms with Gasteiger partial charge in [0.25, 0.3) is 0 Å². The number of benzene rings is 1. The van der Waals surface area contributed by atoms with Gasteiger partial charge < -0.3 is 9.84 Å². The Morgan fingerprint density at radius 2 is 2.17 bits per heavy atom. The molecular weight excluding hydrogens is 230 g/mol. The number of morpholine rings is 1. The summed E-state index contributed by atoms with van der Waals surface area (Å²) >= 11 is 0. The van der Waals surface area contributed by atoms with E-state index in [0.717, 1.165) is 19.4 Å². The average Bonchev–Trinajstić information content (AvgIpc) is 2.37. The summed E-state index contributed by atoms with van der Waals surface area (Å²) in [4.78, 5) is 12.6. The number of ether oxygens (including phenoxy) is 1. The van der Waals surface area contributed by atoms with E-state index >= 15 is 0 Å². The molecule has 1 heterocycles. The van der Waals surface area contributed by atoms with Gasteiger partial charge in [-0.2, -0.15) is 0 Å². The molecule has 1 fully saturated rings. The third-order valence-corrected chi connectivity index (χ3v) is 3.18. The van der Waals surface area contributed by atoms with Crippen LogP contribution >= 0.6 is 0 Å². The minimum atomic E-state index is -0.765. The molecule has 1 aromatic carbocycles. The van der Waals surface area contributed by atoms with Gasteiger partial charge in [-0.3, -0.25) is 9.69 Å². The SMILES string of the molecule is O=C(O)CN1CCO[C@@H](CCc2ccccc2)C1. The van der Waals surface area contributed by atoms with Gasteiger partial charge in [0.1, 0.15) is 0 Å². The summed E-state index contributed by atoms with van der Waals surface area (Å²) in [7, 11) is 0. The first kappa shape index (κ1) is 13.1. The number of aliphatic carboxylic acids is 1. The summed E-state index contributed by atoms with van der Waals surface area (Å²) in [5.74, 6) is -0.765. The van der Waals surface area contributed by atoms with E-state index in [1.807, 2.05) is 23.1 Å². The molecule has 1 N–H and O–H groups in total. The van der Waals surface area contributed by atoms with Crippen LogP contribution in [0, 0.1) is 0 Å². The van der Waals surface area contributed by atoms with Crippen molar-refractivity contribution in [2.45, 2.75) is 18.9 Å². The van der Waals surface area contributed by atoms with E-state index in [1.54, 1.807) is 0 Å². The van der Waals surface area contributed by atoms with Crippen molar-refractivity contribution in [2.75, 3.05) is 26.2 Å². The maximum Gasteiger partial charge on any atom is 0.317 e. The molecule has 98 valence electrons. The minimum absolute atomic E-state index is 0.116. The number of nitrogens with zero attached hydrogens (tertiary/aromatic N) is 1. The van der Waals surface area contributed by atoms with Crippen LogP contribution in [0.2, 0.25) is 0 Å². The van der Waals surface area contributed by atoms with Crippen LogP contribution in [0.25, 0.3) is 0 Å². The Balaban J connectivity index is 1.77.